The Kier molecular flexibility index (Phi) is 4.96. The van der Waals surface area contributed by atoms with Gasteiger partial charge in [0, 0.05) is 11.8 Å². The van der Waals surface area contributed by atoms with E-state index < -0.39 is 15.4 Å². The summed E-state index contributed by atoms with van der Waals surface area (Å²) in [4.78, 5) is 11.7. The second-order valence-corrected chi connectivity index (χ2v) is 7.89. The first kappa shape index (κ1) is 17.7. The first-order valence-corrected chi connectivity index (χ1v) is 9.44. The van der Waals surface area contributed by atoms with Crippen molar-refractivity contribution in [1.82, 2.24) is 0 Å². The molecule has 0 radical (unpaired) electrons. The van der Waals surface area contributed by atoms with Gasteiger partial charge in [-0.2, -0.15) is 0 Å². The molecule has 1 aliphatic heterocycles. The van der Waals surface area contributed by atoms with E-state index in [0.29, 0.717) is 12.4 Å². The molecule has 1 aliphatic rings. The predicted octanol–water partition coefficient (Wildman–Crippen LogP) is 2.60. The molecular weight excluding hydrogens is 316 g/mol. The van der Waals surface area contributed by atoms with Crippen LogP contribution in [0, 0.1) is 0 Å². The molecule has 0 saturated heterocycles. The lowest BCUT2D eigenvalue weighted by atomic mass is 9.97. The number of carbonyl (C=O) groups excluding carboxylic acids is 1. The highest BCUT2D eigenvalue weighted by Crippen LogP contribution is 2.41. The molecule has 23 heavy (non-hydrogen) atoms. The normalized spacial score (nSPS) is 24.8. The van der Waals surface area contributed by atoms with E-state index in [0.717, 1.165) is 23.8 Å². The summed E-state index contributed by atoms with van der Waals surface area (Å²) in [6.45, 7) is 6.00. The maximum absolute atomic E-state index is 11.6. The number of rotatable bonds is 6. The summed E-state index contributed by atoms with van der Waals surface area (Å²) >= 11 is 0. The van der Waals surface area contributed by atoms with Gasteiger partial charge in [-0.1, -0.05) is 19.1 Å². The van der Waals surface area contributed by atoms with Crippen molar-refractivity contribution in [2.75, 3.05) is 12.9 Å². The Hall–Kier alpha value is -1.66. The molecule has 6 heteroatoms. The highest BCUT2D eigenvalue weighted by Gasteiger charge is 2.44. The summed E-state index contributed by atoms with van der Waals surface area (Å²) in [6.07, 6.45) is 2.41. The summed E-state index contributed by atoms with van der Waals surface area (Å²) in [5.74, 6) is 0.508. The van der Waals surface area contributed by atoms with E-state index in [1.54, 1.807) is 31.2 Å². The minimum absolute atomic E-state index is 0.252. The third-order valence-electron chi connectivity index (χ3n) is 3.79. The largest absolute Gasteiger partial charge is 0.494 e. The number of hydrogen-bond donors (Lipinski definition) is 0. The van der Waals surface area contributed by atoms with Gasteiger partial charge in [0.05, 0.1) is 17.6 Å². The lowest BCUT2D eigenvalue weighted by Crippen LogP contribution is -2.31. The van der Waals surface area contributed by atoms with Crippen LogP contribution in [0.5, 0.6) is 0 Å². The highest BCUT2D eigenvalue weighted by atomic mass is 32.2. The molecule has 2 rings (SSSR count). The minimum atomic E-state index is -3.25. The Labute approximate surface area is 137 Å². The SMILES string of the molecule is CCCOC1=C(c2ccc(S(C)(=O)=O)cc2)C(C)OC1(C)C=O. The lowest BCUT2D eigenvalue weighted by Gasteiger charge is -2.21. The Morgan fingerprint density at radius 1 is 1.30 bits per heavy atom. The average molecular weight is 338 g/mol. The van der Waals surface area contributed by atoms with Crippen LogP contribution in [0.15, 0.2) is 34.9 Å². The molecule has 2 unspecified atom stereocenters. The van der Waals surface area contributed by atoms with Crippen molar-refractivity contribution in [2.24, 2.45) is 0 Å². The average Bonchev–Trinajstić information content (AvgIpc) is 2.75. The van der Waals surface area contributed by atoms with Crippen molar-refractivity contribution in [3.05, 3.63) is 35.6 Å². The minimum Gasteiger partial charge on any atom is -0.494 e. The van der Waals surface area contributed by atoms with E-state index in [1.165, 1.54) is 6.26 Å². The lowest BCUT2D eigenvalue weighted by molar-refractivity contribution is -0.128. The summed E-state index contributed by atoms with van der Waals surface area (Å²) in [5, 5.41) is 0. The zero-order valence-electron chi connectivity index (χ0n) is 13.8. The fourth-order valence-electron chi connectivity index (χ4n) is 2.69. The number of hydrogen-bond acceptors (Lipinski definition) is 5. The molecule has 1 aromatic rings. The summed E-state index contributed by atoms with van der Waals surface area (Å²) in [7, 11) is -3.25. The zero-order valence-corrected chi connectivity index (χ0v) is 14.6. The Balaban J connectivity index is 2.51. The maximum Gasteiger partial charge on any atom is 0.178 e. The Morgan fingerprint density at radius 3 is 2.39 bits per heavy atom. The van der Waals surface area contributed by atoms with Crippen LogP contribution in [0.2, 0.25) is 0 Å². The van der Waals surface area contributed by atoms with E-state index in [1.807, 2.05) is 13.8 Å². The van der Waals surface area contributed by atoms with Crippen molar-refractivity contribution in [3.8, 4) is 0 Å². The van der Waals surface area contributed by atoms with Gasteiger partial charge in [0.25, 0.3) is 0 Å². The summed E-state index contributed by atoms with van der Waals surface area (Å²) in [5.41, 5.74) is 0.467. The monoisotopic (exact) mass is 338 g/mol. The number of sulfone groups is 1. The standard InChI is InChI=1S/C17H22O5S/c1-5-10-21-16-15(12(2)22-17(16,3)11-18)13-6-8-14(9-7-13)23(4,19)20/h6-9,11-12H,5,10H2,1-4H3. The van der Waals surface area contributed by atoms with Crippen LogP contribution in [-0.2, 0) is 24.1 Å². The molecule has 5 nitrogen and oxygen atoms in total. The van der Waals surface area contributed by atoms with Crippen molar-refractivity contribution in [1.29, 1.82) is 0 Å². The second-order valence-electron chi connectivity index (χ2n) is 5.87. The van der Waals surface area contributed by atoms with Crippen LogP contribution in [0.25, 0.3) is 5.57 Å². The summed E-state index contributed by atoms with van der Waals surface area (Å²) < 4.78 is 34.7. The van der Waals surface area contributed by atoms with E-state index >= 15 is 0 Å². The first-order chi connectivity index (χ1) is 10.7. The van der Waals surface area contributed by atoms with Crippen molar-refractivity contribution in [3.63, 3.8) is 0 Å². The van der Waals surface area contributed by atoms with Crippen LogP contribution < -0.4 is 0 Å². The molecule has 0 amide bonds. The number of aldehydes is 1. The molecule has 0 fully saturated rings. The molecule has 1 aromatic carbocycles. The van der Waals surface area contributed by atoms with Crippen LogP contribution >= 0.6 is 0 Å². The fraction of sp³-hybridized carbons (Fsp3) is 0.471. The predicted molar refractivity (Wildman–Crippen MR) is 87.7 cm³/mol. The molecule has 0 aromatic heterocycles. The van der Waals surface area contributed by atoms with Crippen LogP contribution in [0.3, 0.4) is 0 Å². The van der Waals surface area contributed by atoms with E-state index in [-0.39, 0.29) is 11.0 Å². The van der Waals surface area contributed by atoms with Crippen molar-refractivity contribution < 1.29 is 22.7 Å². The third-order valence-corrected chi connectivity index (χ3v) is 4.92. The van der Waals surface area contributed by atoms with Gasteiger partial charge < -0.3 is 9.47 Å². The Morgan fingerprint density at radius 2 is 1.91 bits per heavy atom. The van der Waals surface area contributed by atoms with Crippen LogP contribution in [-0.4, -0.2) is 39.3 Å². The zero-order chi connectivity index (χ0) is 17.3. The number of ether oxygens (including phenoxy) is 2. The molecule has 0 spiro atoms. The molecule has 126 valence electrons. The molecule has 0 bridgehead atoms. The maximum atomic E-state index is 11.6. The van der Waals surface area contributed by atoms with Gasteiger partial charge in [-0.3, -0.25) is 4.79 Å². The molecule has 2 atom stereocenters. The van der Waals surface area contributed by atoms with Gasteiger partial charge in [-0.15, -0.1) is 0 Å². The van der Waals surface area contributed by atoms with E-state index in [9.17, 15) is 13.2 Å². The van der Waals surface area contributed by atoms with Gasteiger partial charge in [-0.05, 0) is 38.0 Å². The molecule has 1 heterocycles. The van der Waals surface area contributed by atoms with Gasteiger partial charge in [-0.25, -0.2) is 8.42 Å². The topological polar surface area (TPSA) is 69.7 Å². The van der Waals surface area contributed by atoms with Gasteiger partial charge in [0.1, 0.15) is 5.76 Å². The quantitative estimate of drug-likeness (QED) is 0.746. The van der Waals surface area contributed by atoms with E-state index in [2.05, 4.69) is 0 Å². The summed E-state index contributed by atoms with van der Waals surface area (Å²) in [6, 6.07) is 6.55. The molecule has 0 aliphatic carbocycles. The number of benzene rings is 1. The van der Waals surface area contributed by atoms with Crippen molar-refractivity contribution in [2.45, 2.75) is 43.8 Å². The van der Waals surface area contributed by atoms with Crippen LogP contribution in [0.1, 0.15) is 32.8 Å². The molecular formula is C17H22O5S. The Bertz CT molecular complexity index is 718. The van der Waals surface area contributed by atoms with Crippen molar-refractivity contribution >= 4 is 21.7 Å². The van der Waals surface area contributed by atoms with Gasteiger partial charge in [0.2, 0.25) is 0 Å². The first-order valence-electron chi connectivity index (χ1n) is 7.55. The van der Waals surface area contributed by atoms with Gasteiger partial charge >= 0.3 is 0 Å². The third kappa shape index (κ3) is 3.48. The fourth-order valence-corrected chi connectivity index (χ4v) is 3.32. The second kappa shape index (κ2) is 6.45. The molecule has 0 saturated carbocycles. The highest BCUT2D eigenvalue weighted by molar-refractivity contribution is 7.90. The molecule has 0 N–H and O–H groups in total. The smallest absolute Gasteiger partial charge is 0.178 e. The van der Waals surface area contributed by atoms with Gasteiger partial charge in [0.15, 0.2) is 21.7 Å². The van der Waals surface area contributed by atoms with Crippen LogP contribution in [0.4, 0.5) is 0 Å². The van der Waals surface area contributed by atoms with E-state index in [4.69, 9.17) is 9.47 Å². The number of carbonyl (C=O) groups is 1.